The van der Waals surface area contributed by atoms with Gasteiger partial charge < -0.3 is 14.6 Å². The maximum Gasteiger partial charge on any atom is 0.335 e. The van der Waals surface area contributed by atoms with Crippen LogP contribution in [0.2, 0.25) is 0 Å². The van der Waals surface area contributed by atoms with Crippen molar-refractivity contribution in [3.05, 3.63) is 29.8 Å². The number of aromatic carboxylic acids is 1. The molecule has 1 saturated carbocycles. The molecule has 21 heavy (non-hydrogen) atoms. The van der Waals surface area contributed by atoms with Crippen molar-refractivity contribution in [2.45, 2.75) is 39.2 Å². The number of carbonyl (C=O) groups is 1. The van der Waals surface area contributed by atoms with Crippen LogP contribution in [-0.4, -0.2) is 30.4 Å². The highest BCUT2D eigenvalue weighted by Gasteiger charge is 2.24. The number of rotatable bonds is 6. The topological polar surface area (TPSA) is 55.8 Å². The van der Waals surface area contributed by atoms with Crippen molar-refractivity contribution >= 4 is 5.97 Å². The van der Waals surface area contributed by atoms with E-state index in [-0.39, 0.29) is 5.56 Å². The first-order valence-electron chi connectivity index (χ1n) is 7.62. The third-order valence-electron chi connectivity index (χ3n) is 3.94. The zero-order valence-corrected chi connectivity index (χ0v) is 12.7. The van der Waals surface area contributed by atoms with Crippen molar-refractivity contribution in [3.8, 4) is 5.75 Å². The van der Waals surface area contributed by atoms with E-state index >= 15 is 0 Å². The Morgan fingerprint density at radius 3 is 2.29 bits per heavy atom. The molecule has 2 rings (SSSR count). The van der Waals surface area contributed by atoms with Crippen LogP contribution < -0.4 is 4.74 Å². The van der Waals surface area contributed by atoms with Gasteiger partial charge in [0.1, 0.15) is 12.4 Å². The molecule has 0 spiro atoms. The summed E-state index contributed by atoms with van der Waals surface area (Å²) in [4.78, 5) is 10.7. The van der Waals surface area contributed by atoms with Crippen molar-refractivity contribution < 1.29 is 19.4 Å². The third kappa shape index (κ3) is 5.05. The second kappa shape index (κ2) is 7.46. The fraction of sp³-hybridized carbons (Fsp3) is 0.588. The van der Waals surface area contributed by atoms with Gasteiger partial charge in [0.25, 0.3) is 0 Å². The van der Waals surface area contributed by atoms with Crippen LogP contribution in [0.4, 0.5) is 0 Å². The van der Waals surface area contributed by atoms with Crippen LogP contribution in [0.3, 0.4) is 0 Å². The summed E-state index contributed by atoms with van der Waals surface area (Å²) in [5.74, 6) is 1.23. The number of hydrogen-bond donors (Lipinski definition) is 1. The van der Waals surface area contributed by atoms with Gasteiger partial charge >= 0.3 is 5.97 Å². The Balaban J connectivity index is 1.68. The van der Waals surface area contributed by atoms with E-state index in [1.165, 1.54) is 6.42 Å². The quantitative estimate of drug-likeness (QED) is 0.814. The van der Waals surface area contributed by atoms with Gasteiger partial charge in [-0.05, 0) is 55.4 Å². The summed E-state index contributed by atoms with van der Waals surface area (Å²) in [7, 11) is 0. The summed E-state index contributed by atoms with van der Waals surface area (Å²) < 4.78 is 11.5. The summed E-state index contributed by atoms with van der Waals surface area (Å²) in [6, 6.07) is 6.44. The van der Waals surface area contributed by atoms with Gasteiger partial charge in [0, 0.05) is 0 Å². The molecule has 1 aliphatic rings. The Morgan fingerprint density at radius 2 is 1.71 bits per heavy atom. The van der Waals surface area contributed by atoms with Crippen LogP contribution in [0, 0.1) is 11.8 Å². The molecule has 2 atom stereocenters. The maximum absolute atomic E-state index is 10.7. The largest absolute Gasteiger partial charge is 0.491 e. The van der Waals surface area contributed by atoms with E-state index in [4.69, 9.17) is 14.6 Å². The Hall–Kier alpha value is -1.55. The zero-order chi connectivity index (χ0) is 15.2. The molecular weight excluding hydrogens is 268 g/mol. The van der Waals surface area contributed by atoms with Crippen molar-refractivity contribution in [1.82, 2.24) is 0 Å². The Bertz CT molecular complexity index is 444. The molecule has 2 unspecified atom stereocenters. The number of ether oxygens (including phenoxy) is 2. The Labute approximate surface area is 126 Å². The summed E-state index contributed by atoms with van der Waals surface area (Å²) >= 11 is 0. The Morgan fingerprint density at radius 1 is 1.10 bits per heavy atom. The lowest BCUT2D eigenvalue weighted by atomic mass is 9.82. The highest BCUT2D eigenvalue weighted by atomic mass is 16.5. The smallest absolute Gasteiger partial charge is 0.335 e. The second-order valence-corrected chi connectivity index (χ2v) is 6.09. The normalized spacial score (nSPS) is 25.5. The van der Waals surface area contributed by atoms with E-state index in [9.17, 15) is 4.79 Å². The van der Waals surface area contributed by atoms with Gasteiger partial charge in [0.2, 0.25) is 0 Å². The first kappa shape index (κ1) is 15.8. The zero-order valence-electron chi connectivity index (χ0n) is 12.7. The standard InChI is InChI=1S/C17H24O4/c1-12-9-13(2)11-16(10-12)21-8-7-20-15-5-3-14(4-6-15)17(18)19/h3-6,12-13,16H,7-11H2,1-2H3,(H,18,19). The lowest BCUT2D eigenvalue weighted by Crippen LogP contribution is -2.27. The predicted molar refractivity (Wildman–Crippen MR) is 80.8 cm³/mol. The molecule has 1 aliphatic carbocycles. The molecule has 0 saturated heterocycles. The Kier molecular flexibility index (Phi) is 5.62. The van der Waals surface area contributed by atoms with Gasteiger partial charge in [-0.15, -0.1) is 0 Å². The monoisotopic (exact) mass is 292 g/mol. The summed E-state index contributed by atoms with van der Waals surface area (Å²) in [5.41, 5.74) is 0.267. The van der Waals surface area contributed by atoms with Crippen LogP contribution in [0.1, 0.15) is 43.5 Å². The minimum atomic E-state index is -0.926. The highest BCUT2D eigenvalue weighted by Crippen LogP contribution is 2.30. The van der Waals surface area contributed by atoms with Gasteiger partial charge in [-0.25, -0.2) is 4.79 Å². The minimum Gasteiger partial charge on any atom is -0.491 e. The molecule has 0 heterocycles. The average Bonchev–Trinajstić information content (AvgIpc) is 2.43. The van der Waals surface area contributed by atoms with Crippen LogP contribution in [0.15, 0.2) is 24.3 Å². The van der Waals surface area contributed by atoms with Gasteiger partial charge in [-0.1, -0.05) is 13.8 Å². The number of carboxylic acid groups (broad SMARTS) is 1. The SMILES string of the molecule is CC1CC(C)CC(OCCOc2ccc(C(=O)O)cc2)C1. The number of hydrogen-bond acceptors (Lipinski definition) is 3. The minimum absolute atomic E-state index is 0.267. The molecule has 1 aromatic carbocycles. The third-order valence-corrected chi connectivity index (χ3v) is 3.94. The van der Waals surface area contributed by atoms with Crippen molar-refractivity contribution in [2.75, 3.05) is 13.2 Å². The molecule has 1 fully saturated rings. The van der Waals surface area contributed by atoms with Crippen LogP contribution in [0.25, 0.3) is 0 Å². The summed E-state index contributed by atoms with van der Waals surface area (Å²) in [6.45, 7) is 5.63. The van der Waals surface area contributed by atoms with Crippen molar-refractivity contribution in [1.29, 1.82) is 0 Å². The molecule has 0 aromatic heterocycles. The number of benzene rings is 1. The van der Waals surface area contributed by atoms with Crippen molar-refractivity contribution in [3.63, 3.8) is 0 Å². The van der Waals surface area contributed by atoms with Gasteiger partial charge in [0.15, 0.2) is 0 Å². The molecule has 4 heteroatoms. The van der Waals surface area contributed by atoms with Gasteiger partial charge in [0.05, 0.1) is 18.3 Å². The van der Waals surface area contributed by atoms with E-state index in [0.717, 1.165) is 24.7 Å². The molecule has 0 amide bonds. The van der Waals surface area contributed by atoms with E-state index in [2.05, 4.69) is 13.8 Å². The average molecular weight is 292 g/mol. The molecule has 0 aliphatic heterocycles. The predicted octanol–water partition coefficient (Wildman–Crippen LogP) is 3.60. The molecular formula is C17H24O4. The molecule has 1 aromatic rings. The molecule has 116 valence electrons. The van der Waals surface area contributed by atoms with Gasteiger partial charge in [-0.2, -0.15) is 0 Å². The maximum atomic E-state index is 10.7. The molecule has 0 bridgehead atoms. The first-order chi connectivity index (χ1) is 10.0. The van der Waals surface area contributed by atoms with E-state index in [0.29, 0.717) is 25.1 Å². The summed E-state index contributed by atoms with van der Waals surface area (Å²) in [5, 5.41) is 8.82. The molecule has 4 nitrogen and oxygen atoms in total. The van der Waals surface area contributed by atoms with E-state index in [1.54, 1.807) is 24.3 Å². The van der Waals surface area contributed by atoms with Crippen molar-refractivity contribution in [2.24, 2.45) is 11.8 Å². The lowest BCUT2D eigenvalue weighted by Gasteiger charge is -2.31. The number of carboxylic acids is 1. The second-order valence-electron chi connectivity index (χ2n) is 6.09. The fourth-order valence-electron chi connectivity index (χ4n) is 3.08. The van der Waals surface area contributed by atoms with Crippen LogP contribution in [0.5, 0.6) is 5.75 Å². The molecule has 1 N–H and O–H groups in total. The summed E-state index contributed by atoms with van der Waals surface area (Å²) in [6.07, 6.45) is 3.92. The molecule has 0 radical (unpaired) electrons. The first-order valence-corrected chi connectivity index (χ1v) is 7.62. The highest BCUT2D eigenvalue weighted by molar-refractivity contribution is 5.87. The van der Waals surface area contributed by atoms with Crippen LogP contribution in [-0.2, 0) is 4.74 Å². The lowest BCUT2D eigenvalue weighted by molar-refractivity contribution is -0.0107. The van der Waals surface area contributed by atoms with E-state index < -0.39 is 5.97 Å². The van der Waals surface area contributed by atoms with Crippen LogP contribution >= 0.6 is 0 Å². The fourth-order valence-corrected chi connectivity index (χ4v) is 3.08. The van der Waals surface area contributed by atoms with Gasteiger partial charge in [-0.3, -0.25) is 0 Å². The van der Waals surface area contributed by atoms with E-state index in [1.807, 2.05) is 0 Å².